The molecule has 0 spiro atoms. The van der Waals surface area contributed by atoms with Crippen molar-refractivity contribution in [2.75, 3.05) is 0 Å². The zero-order valence-corrected chi connectivity index (χ0v) is 19.9. The third-order valence-corrected chi connectivity index (χ3v) is 24.9. The second-order valence-corrected chi connectivity index (χ2v) is 22.6. The van der Waals surface area contributed by atoms with Gasteiger partial charge in [0.05, 0.1) is 0 Å². The van der Waals surface area contributed by atoms with Gasteiger partial charge in [-0.3, -0.25) is 0 Å². The quantitative estimate of drug-likeness (QED) is 0.237. The molecule has 0 atom stereocenters. The van der Waals surface area contributed by atoms with Gasteiger partial charge in [-0.2, -0.15) is 0 Å². The van der Waals surface area contributed by atoms with Crippen LogP contribution in [0, 0.1) is 0 Å². The van der Waals surface area contributed by atoms with Gasteiger partial charge >= 0.3 is 177 Å². The van der Waals surface area contributed by atoms with E-state index in [1.54, 1.807) is 0 Å². The van der Waals surface area contributed by atoms with E-state index in [2.05, 4.69) is 136 Å². The fourth-order valence-corrected chi connectivity index (χ4v) is 14.6. The Morgan fingerprint density at radius 2 is 0.750 bits per heavy atom. The number of halogens is 4. The van der Waals surface area contributed by atoms with Gasteiger partial charge in [-0.25, -0.2) is 0 Å². The zero-order chi connectivity index (χ0) is 17.3. The molecule has 0 N–H and O–H groups in total. The van der Waals surface area contributed by atoms with E-state index in [4.69, 9.17) is 0 Å². The predicted molar refractivity (Wildman–Crippen MR) is 124 cm³/mol. The van der Waals surface area contributed by atoms with Crippen LogP contribution in [0.1, 0.15) is 0 Å². The van der Waals surface area contributed by atoms with Crippen LogP contribution >= 0.6 is 68.6 Å². The molecule has 5 heteroatoms. The Labute approximate surface area is 176 Å². The van der Waals surface area contributed by atoms with Crippen LogP contribution in [0.2, 0.25) is 0 Å². The Morgan fingerprint density at radius 1 is 0.500 bits per heavy atom. The van der Waals surface area contributed by atoms with Crippen LogP contribution < -0.4 is 15.9 Å². The summed E-state index contributed by atoms with van der Waals surface area (Å²) in [7, 11) is 0. The van der Waals surface area contributed by atoms with Crippen LogP contribution in [0.25, 0.3) is 0 Å². The topological polar surface area (TPSA) is 0 Å². The van der Waals surface area contributed by atoms with Crippen molar-refractivity contribution in [3.63, 3.8) is 0 Å². The van der Waals surface area contributed by atoms with Gasteiger partial charge in [0.15, 0.2) is 0 Å². The molecule has 3 aromatic carbocycles. The van der Waals surface area contributed by atoms with Crippen molar-refractivity contribution in [1.29, 1.82) is 0 Å². The summed E-state index contributed by atoms with van der Waals surface area (Å²) >= 11 is 16.1. The van der Waals surface area contributed by atoms with Crippen LogP contribution in [0.15, 0.2) is 91.0 Å². The SMILES string of the molecule is BrC(Br)(Br)P(Br)(c1ccccc1)(c1ccccc1)c1ccccc1. The van der Waals surface area contributed by atoms with E-state index in [-0.39, 0.29) is 0 Å². The monoisotopic (exact) mass is 590 g/mol. The van der Waals surface area contributed by atoms with Crippen molar-refractivity contribution in [2.45, 2.75) is 1.88 Å². The molecule has 3 aromatic rings. The molecule has 0 aliphatic rings. The molecule has 0 radical (unpaired) electrons. The molecule has 0 aliphatic heterocycles. The van der Waals surface area contributed by atoms with Crippen LogP contribution in [0.3, 0.4) is 0 Å². The summed E-state index contributed by atoms with van der Waals surface area (Å²) in [5, 5.41) is 0.608. The molecular weight excluding hydrogens is 579 g/mol. The summed E-state index contributed by atoms with van der Waals surface area (Å²) in [5.41, 5.74) is 0. The van der Waals surface area contributed by atoms with Crippen molar-refractivity contribution in [3.05, 3.63) is 91.0 Å². The zero-order valence-electron chi connectivity index (χ0n) is 12.6. The Morgan fingerprint density at radius 3 is 0.958 bits per heavy atom. The van der Waals surface area contributed by atoms with Crippen LogP contribution in [0.5, 0.6) is 0 Å². The Bertz CT molecular complexity index is 715. The molecular formula is C19H15Br4P. The fourth-order valence-electron chi connectivity index (χ4n) is 3.01. The third-order valence-electron chi connectivity index (χ3n) is 4.20. The van der Waals surface area contributed by atoms with Gasteiger partial charge in [-0.05, 0) is 0 Å². The van der Waals surface area contributed by atoms with E-state index in [1.807, 2.05) is 18.2 Å². The van der Waals surface area contributed by atoms with Crippen LogP contribution in [-0.2, 0) is 0 Å². The first-order valence-corrected chi connectivity index (χ1v) is 14.0. The predicted octanol–water partition coefficient (Wildman–Crippen LogP) is 6.62. The maximum absolute atomic E-state index is 4.33. The summed E-state index contributed by atoms with van der Waals surface area (Å²) in [6.07, 6.45) is 0. The molecule has 24 heavy (non-hydrogen) atoms. The van der Waals surface area contributed by atoms with Gasteiger partial charge in [-0.15, -0.1) is 0 Å². The molecule has 0 unspecified atom stereocenters. The molecule has 0 aliphatic carbocycles. The molecule has 124 valence electrons. The summed E-state index contributed by atoms with van der Waals surface area (Å²) in [4.78, 5) is 0. The van der Waals surface area contributed by atoms with Crippen LogP contribution in [0.4, 0.5) is 0 Å². The van der Waals surface area contributed by atoms with E-state index in [9.17, 15) is 0 Å². The fraction of sp³-hybridized carbons (Fsp3) is 0.0526. The van der Waals surface area contributed by atoms with Gasteiger partial charge in [0.2, 0.25) is 0 Å². The Hall–Kier alpha value is 0.0100. The van der Waals surface area contributed by atoms with Gasteiger partial charge in [0.1, 0.15) is 0 Å². The standard InChI is InChI=1S/C19H15Br4P/c20-19(21,22)24(23,16-10-4-1-5-11-16,17-12-6-2-7-13-17)18-14-8-3-9-15-18/h1-15H. The number of benzene rings is 3. The molecule has 3 rings (SSSR count). The first-order valence-electron chi connectivity index (χ1n) is 7.36. The molecule has 0 nitrogen and oxygen atoms in total. The minimum absolute atomic E-state index is 0.553. The van der Waals surface area contributed by atoms with Crippen molar-refractivity contribution in [3.8, 4) is 0 Å². The summed E-state index contributed by atoms with van der Waals surface area (Å²) in [6, 6.07) is 31.8. The Balaban J connectivity index is 2.53. The maximum atomic E-state index is 4.33. The number of rotatable bonds is 3. The van der Waals surface area contributed by atoms with E-state index in [0.717, 1.165) is 0 Å². The Kier molecular flexibility index (Phi) is 5.45. The van der Waals surface area contributed by atoms with E-state index in [0.29, 0.717) is 0 Å². The van der Waals surface area contributed by atoms with Crippen molar-refractivity contribution in [1.82, 2.24) is 0 Å². The van der Waals surface area contributed by atoms with Gasteiger partial charge < -0.3 is 0 Å². The van der Waals surface area contributed by atoms with Crippen molar-refractivity contribution >= 4 is 84.5 Å². The average molecular weight is 594 g/mol. The summed E-state index contributed by atoms with van der Waals surface area (Å²) in [6.45, 7) is 0. The second-order valence-electron chi connectivity index (χ2n) is 5.48. The van der Waals surface area contributed by atoms with E-state index < -0.39 is 7.19 Å². The van der Waals surface area contributed by atoms with Crippen molar-refractivity contribution in [2.24, 2.45) is 0 Å². The normalized spacial score (nSPS) is 13.9. The van der Waals surface area contributed by atoms with E-state index in [1.165, 1.54) is 15.9 Å². The first-order chi connectivity index (χ1) is 11.4. The summed E-state index contributed by atoms with van der Waals surface area (Å²) < 4.78 is -0.553. The molecule has 0 heterocycles. The average Bonchev–Trinajstić information content (AvgIpc) is 2.62. The first kappa shape index (κ1) is 18.8. The second kappa shape index (κ2) is 6.96. The van der Waals surface area contributed by atoms with Gasteiger partial charge in [0.25, 0.3) is 0 Å². The summed E-state index contributed by atoms with van der Waals surface area (Å²) in [5.74, 6) is 0. The third kappa shape index (κ3) is 2.70. The van der Waals surface area contributed by atoms with Crippen LogP contribution in [-0.4, -0.2) is 1.88 Å². The molecule has 0 bridgehead atoms. The van der Waals surface area contributed by atoms with Crippen molar-refractivity contribution < 1.29 is 0 Å². The minimum atomic E-state index is -3.08. The number of hydrogen-bond acceptors (Lipinski definition) is 0. The molecule has 0 aromatic heterocycles. The molecule has 0 fully saturated rings. The van der Waals surface area contributed by atoms with E-state index >= 15 is 0 Å². The molecule has 0 saturated heterocycles. The van der Waals surface area contributed by atoms with Gasteiger partial charge in [0, 0.05) is 0 Å². The number of hydrogen-bond donors (Lipinski definition) is 0. The van der Waals surface area contributed by atoms with Gasteiger partial charge in [-0.1, -0.05) is 0 Å². The molecule has 0 saturated carbocycles. The number of alkyl halides is 3. The molecule has 0 amide bonds.